The number of thiazole rings is 1. The van der Waals surface area contributed by atoms with Crippen LogP contribution in [0.1, 0.15) is 50.4 Å². The van der Waals surface area contributed by atoms with E-state index in [0.717, 1.165) is 36.9 Å². The standard InChI is InChI=1S/C17H29N3O2S/c1-12(2)16(21)18-8-14-6-5-7-20(9-14)10-15-11-23-17(19-15)13(3)22-4/h11-14H,5-10H2,1-4H3,(H,18,21). The van der Waals surface area contributed by atoms with Crippen LogP contribution in [-0.2, 0) is 16.1 Å². The van der Waals surface area contributed by atoms with Crippen LogP contribution in [0, 0.1) is 11.8 Å². The van der Waals surface area contributed by atoms with E-state index in [0.29, 0.717) is 5.92 Å². The predicted octanol–water partition coefficient (Wildman–Crippen LogP) is 2.83. The molecule has 6 heteroatoms. The molecule has 0 aromatic carbocycles. The Bertz CT molecular complexity index is 504. The Morgan fingerprint density at radius 1 is 1.52 bits per heavy atom. The Morgan fingerprint density at radius 2 is 2.30 bits per heavy atom. The van der Waals surface area contributed by atoms with E-state index in [9.17, 15) is 4.79 Å². The second-order valence-corrected chi connectivity index (χ2v) is 7.59. The molecule has 1 N–H and O–H groups in total. The fraction of sp³-hybridized carbons (Fsp3) is 0.765. The number of piperidine rings is 1. The zero-order chi connectivity index (χ0) is 16.8. The van der Waals surface area contributed by atoms with E-state index in [2.05, 4.69) is 20.6 Å². The Morgan fingerprint density at radius 3 is 3.00 bits per heavy atom. The fourth-order valence-electron chi connectivity index (χ4n) is 2.82. The van der Waals surface area contributed by atoms with E-state index in [4.69, 9.17) is 4.74 Å². The lowest BCUT2D eigenvalue weighted by Gasteiger charge is -2.32. The van der Waals surface area contributed by atoms with Gasteiger partial charge in [0.1, 0.15) is 11.1 Å². The highest BCUT2D eigenvalue weighted by Gasteiger charge is 2.22. The van der Waals surface area contributed by atoms with Gasteiger partial charge < -0.3 is 10.1 Å². The second kappa shape index (κ2) is 8.76. The van der Waals surface area contributed by atoms with Gasteiger partial charge in [0.2, 0.25) is 5.91 Å². The first-order chi connectivity index (χ1) is 11.0. The fourth-order valence-corrected chi connectivity index (χ4v) is 3.66. The van der Waals surface area contributed by atoms with Gasteiger partial charge in [-0.05, 0) is 32.2 Å². The van der Waals surface area contributed by atoms with Crippen molar-refractivity contribution in [3.05, 3.63) is 16.1 Å². The van der Waals surface area contributed by atoms with Crippen LogP contribution in [-0.4, -0.2) is 42.5 Å². The molecule has 130 valence electrons. The summed E-state index contributed by atoms with van der Waals surface area (Å²) >= 11 is 1.67. The quantitative estimate of drug-likeness (QED) is 0.830. The minimum atomic E-state index is 0.0610. The third-order valence-electron chi connectivity index (χ3n) is 4.35. The van der Waals surface area contributed by atoms with Crippen molar-refractivity contribution in [2.24, 2.45) is 11.8 Å². The first kappa shape index (κ1) is 18.4. The third kappa shape index (κ3) is 5.55. The van der Waals surface area contributed by atoms with E-state index in [1.807, 2.05) is 20.8 Å². The highest BCUT2D eigenvalue weighted by atomic mass is 32.1. The van der Waals surface area contributed by atoms with Crippen LogP contribution in [0.15, 0.2) is 5.38 Å². The molecule has 1 aliphatic rings. The lowest BCUT2D eigenvalue weighted by molar-refractivity contribution is -0.124. The Labute approximate surface area is 143 Å². The summed E-state index contributed by atoms with van der Waals surface area (Å²) in [4.78, 5) is 18.8. The van der Waals surface area contributed by atoms with Crippen LogP contribution in [0.5, 0.6) is 0 Å². The summed E-state index contributed by atoms with van der Waals surface area (Å²) in [7, 11) is 1.71. The maximum Gasteiger partial charge on any atom is 0.222 e. The zero-order valence-corrected chi connectivity index (χ0v) is 15.5. The smallest absolute Gasteiger partial charge is 0.222 e. The predicted molar refractivity (Wildman–Crippen MR) is 93.4 cm³/mol. The zero-order valence-electron chi connectivity index (χ0n) is 14.7. The summed E-state index contributed by atoms with van der Waals surface area (Å²) in [5.74, 6) is 0.758. The number of hydrogen-bond donors (Lipinski definition) is 1. The average Bonchev–Trinajstić information content (AvgIpc) is 3.00. The molecule has 0 bridgehead atoms. The molecule has 1 fully saturated rings. The molecule has 2 unspecified atom stereocenters. The molecule has 0 spiro atoms. The van der Waals surface area contributed by atoms with Crippen LogP contribution in [0.4, 0.5) is 0 Å². The van der Waals surface area contributed by atoms with Crippen molar-refractivity contribution < 1.29 is 9.53 Å². The number of ether oxygens (including phenoxy) is 1. The van der Waals surface area contributed by atoms with Crippen molar-refractivity contribution in [3.8, 4) is 0 Å². The average molecular weight is 340 g/mol. The number of carbonyl (C=O) groups is 1. The Balaban J connectivity index is 1.81. The van der Waals surface area contributed by atoms with Crippen LogP contribution in [0.2, 0.25) is 0 Å². The van der Waals surface area contributed by atoms with Crippen LogP contribution in [0.25, 0.3) is 0 Å². The van der Waals surface area contributed by atoms with Crippen molar-refractivity contribution >= 4 is 17.2 Å². The third-order valence-corrected chi connectivity index (χ3v) is 5.40. The van der Waals surface area contributed by atoms with Crippen molar-refractivity contribution in [3.63, 3.8) is 0 Å². The summed E-state index contributed by atoms with van der Waals surface area (Å²) in [5.41, 5.74) is 1.13. The molecule has 1 aromatic heterocycles. The van der Waals surface area contributed by atoms with E-state index in [-0.39, 0.29) is 17.9 Å². The van der Waals surface area contributed by atoms with Crippen LogP contribution in [0.3, 0.4) is 0 Å². The summed E-state index contributed by atoms with van der Waals surface area (Å²) in [5, 5.41) is 6.24. The highest BCUT2D eigenvalue weighted by Crippen LogP contribution is 2.23. The number of carbonyl (C=O) groups excluding carboxylic acids is 1. The molecule has 2 rings (SSSR count). The van der Waals surface area contributed by atoms with Crippen molar-refractivity contribution in [1.29, 1.82) is 0 Å². The van der Waals surface area contributed by atoms with Gasteiger partial charge in [0.15, 0.2) is 0 Å². The molecule has 1 aromatic rings. The van der Waals surface area contributed by atoms with E-state index in [1.165, 1.54) is 12.8 Å². The summed E-state index contributed by atoms with van der Waals surface area (Å²) in [6, 6.07) is 0. The summed E-state index contributed by atoms with van der Waals surface area (Å²) < 4.78 is 5.32. The second-order valence-electron chi connectivity index (χ2n) is 6.70. The number of methoxy groups -OCH3 is 1. The number of aromatic nitrogens is 1. The lowest BCUT2D eigenvalue weighted by atomic mass is 9.97. The minimum absolute atomic E-state index is 0.0610. The van der Waals surface area contributed by atoms with Gasteiger partial charge in [0.05, 0.1) is 5.69 Å². The lowest BCUT2D eigenvalue weighted by Crippen LogP contribution is -2.41. The molecule has 23 heavy (non-hydrogen) atoms. The molecule has 1 aliphatic heterocycles. The molecular formula is C17H29N3O2S. The van der Waals surface area contributed by atoms with Crippen LogP contribution < -0.4 is 5.32 Å². The van der Waals surface area contributed by atoms with Crippen LogP contribution >= 0.6 is 11.3 Å². The maximum atomic E-state index is 11.7. The normalized spacial score (nSPS) is 20.7. The molecule has 1 saturated heterocycles. The molecular weight excluding hydrogens is 310 g/mol. The van der Waals surface area contributed by atoms with E-state index < -0.39 is 0 Å². The van der Waals surface area contributed by atoms with Gasteiger partial charge in [-0.25, -0.2) is 4.98 Å². The molecule has 2 atom stereocenters. The van der Waals surface area contributed by atoms with Crippen molar-refractivity contribution in [1.82, 2.24) is 15.2 Å². The highest BCUT2D eigenvalue weighted by molar-refractivity contribution is 7.09. The van der Waals surface area contributed by atoms with E-state index in [1.54, 1.807) is 18.4 Å². The summed E-state index contributed by atoms with van der Waals surface area (Å²) in [6.45, 7) is 9.72. The largest absolute Gasteiger partial charge is 0.375 e. The molecule has 2 heterocycles. The Hall–Kier alpha value is -0.980. The van der Waals surface area contributed by atoms with Gasteiger partial charge in [0, 0.05) is 38.0 Å². The van der Waals surface area contributed by atoms with Crippen molar-refractivity contribution in [2.45, 2.75) is 46.3 Å². The maximum absolute atomic E-state index is 11.7. The molecule has 0 saturated carbocycles. The number of nitrogens with one attached hydrogen (secondary N) is 1. The van der Waals surface area contributed by atoms with Crippen molar-refractivity contribution in [2.75, 3.05) is 26.7 Å². The summed E-state index contributed by atoms with van der Waals surface area (Å²) in [6.07, 6.45) is 2.44. The van der Waals surface area contributed by atoms with E-state index >= 15 is 0 Å². The number of hydrogen-bond acceptors (Lipinski definition) is 5. The molecule has 5 nitrogen and oxygen atoms in total. The van der Waals surface area contributed by atoms with Gasteiger partial charge in [0.25, 0.3) is 0 Å². The van der Waals surface area contributed by atoms with Gasteiger partial charge in [-0.3, -0.25) is 9.69 Å². The number of nitrogens with zero attached hydrogens (tertiary/aromatic N) is 2. The first-order valence-corrected chi connectivity index (χ1v) is 9.34. The first-order valence-electron chi connectivity index (χ1n) is 8.46. The monoisotopic (exact) mass is 339 g/mol. The Kier molecular flexibility index (Phi) is 6.99. The molecule has 0 aliphatic carbocycles. The van der Waals surface area contributed by atoms with Gasteiger partial charge >= 0.3 is 0 Å². The number of amides is 1. The minimum Gasteiger partial charge on any atom is -0.375 e. The SMILES string of the molecule is COC(C)c1nc(CN2CCCC(CNC(=O)C(C)C)C2)cs1. The molecule has 1 amide bonds. The molecule has 0 radical (unpaired) electrons. The van der Waals surface area contributed by atoms with Gasteiger partial charge in [-0.1, -0.05) is 13.8 Å². The number of rotatable bonds is 7. The van der Waals surface area contributed by atoms with Gasteiger partial charge in [-0.15, -0.1) is 11.3 Å². The van der Waals surface area contributed by atoms with Gasteiger partial charge in [-0.2, -0.15) is 0 Å². The topological polar surface area (TPSA) is 54.5 Å². The number of likely N-dealkylation sites (tertiary alicyclic amines) is 1.